The number of aliphatic carboxylic acids is 1. The van der Waals surface area contributed by atoms with Crippen LogP contribution >= 0.6 is 0 Å². The van der Waals surface area contributed by atoms with Gasteiger partial charge in [-0.3, -0.25) is 9.63 Å². The van der Waals surface area contributed by atoms with E-state index in [-0.39, 0.29) is 18.9 Å². The minimum atomic E-state index is -1.18. The van der Waals surface area contributed by atoms with Gasteiger partial charge in [-0.1, -0.05) is 0 Å². The Kier molecular flexibility index (Phi) is 5.92. The minimum Gasteiger partial charge on any atom is -0.479 e. The molecule has 8 heteroatoms. The molecule has 1 aliphatic rings. The molecule has 0 radical (unpaired) electrons. The van der Waals surface area contributed by atoms with Crippen molar-refractivity contribution in [1.82, 2.24) is 15.7 Å². The van der Waals surface area contributed by atoms with Gasteiger partial charge in [0.25, 0.3) is 0 Å². The molecular formula is C10H17N3O5. The third-order valence-corrected chi connectivity index (χ3v) is 2.44. The number of hydroxylamine groups is 1. The van der Waals surface area contributed by atoms with Gasteiger partial charge < -0.3 is 15.3 Å². The predicted octanol–water partition coefficient (Wildman–Crippen LogP) is -0.686. The Hall–Kier alpha value is -1.83. The van der Waals surface area contributed by atoms with Gasteiger partial charge in [-0.2, -0.15) is 0 Å². The SMILES string of the molecule is O=C(O)CONC(=O)NCCC(=O)N1CCCC1. The summed E-state index contributed by atoms with van der Waals surface area (Å²) >= 11 is 0. The van der Waals surface area contributed by atoms with Crippen LogP contribution in [-0.4, -0.2) is 54.2 Å². The molecule has 0 aromatic rings. The van der Waals surface area contributed by atoms with Gasteiger partial charge >= 0.3 is 12.0 Å². The number of carboxylic acids is 1. The third kappa shape index (κ3) is 5.48. The van der Waals surface area contributed by atoms with E-state index < -0.39 is 18.6 Å². The van der Waals surface area contributed by atoms with Gasteiger partial charge in [0, 0.05) is 26.1 Å². The molecule has 102 valence electrons. The van der Waals surface area contributed by atoms with Crippen molar-refractivity contribution in [2.24, 2.45) is 0 Å². The molecule has 18 heavy (non-hydrogen) atoms. The lowest BCUT2D eigenvalue weighted by molar-refractivity contribution is -0.144. The van der Waals surface area contributed by atoms with Crippen molar-refractivity contribution in [2.75, 3.05) is 26.2 Å². The van der Waals surface area contributed by atoms with Crippen LogP contribution < -0.4 is 10.8 Å². The molecule has 1 saturated heterocycles. The molecule has 1 aliphatic heterocycles. The summed E-state index contributed by atoms with van der Waals surface area (Å²) in [7, 11) is 0. The Morgan fingerprint density at radius 2 is 1.89 bits per heavy atom. The molecule has 0 aliphatic carbocycles. The van der Waals surface area contributed by atoms with Crippen LogP contribution in [0.15, 0.2) is 0 Å². The van der Waals surface area contributed by atoms with Crippen molar-refractivity contribution in [2.45, 2.75) is 19.3 Å². The number of urea groups is 1. The first-order chi connectivity index (χ1) is 8.59. The average molecular weight is 259 g/mol. The topological polar surface area (TPSA) is 108 Å². The van der Waals surface area contributed by atoms with Crippen molar-refractivity contribution >= 4 is 17.9 Å². The number of rotatable bonds is 6. The molecule has 0 saturated carbocycles. The molecule has 0 unspecified atom stereocenters. The van der Waals surface area contributed by atoms with Crippen LogP contribution in [0.25, 0.3) is 0 Å². The molecule has 0 aromatic carbocycles. The van der Waals surface area contributed by atoms with E-state index >= 15 is 0 Å². The van der Waals surface area contributed by atoms with Crippen molar-refractivity contribution < 1.29 is 24.3 Å². The number of hydrogen-bond donors (Lipinski definition) is 3. The summed E-state index contributed by atoms with van der Waals surface area (Å²) in [5.74, 6) is -1.17. The van der Waals surface area contributed by atoms with E-state index in [4.69, 9.17) is 5.11 Å². The highest BCUT2D eigenvalue weighted by atomic mass is 16.7. The summed E-state index contributed by atoms with van der Waals surface area (Å²) in [4.78, 5) is 38.8. The van der Waals surface area contributed by atoms with E-state index in [0.717, 1.165) is 25.9 Å². The zero-order chi connectivity index (χ0) is 13.4. The Bertz CT molecular complexity index is 315. The van der Waals surface area contributed by atoms with E-state index in [9.17, 15) is 14.4 Å². The molecule has 0 atom stereocenters. The number of likely N-dealkylation sites (tertiary alicyclic amines) is 1. The van der Waals surface area contributed by atoms with Crippen LogP contribution in [0.2, 0.25) is 0 Å². The lowest BCUT2D eigenvalue weighted by Crippen LogP contribution is -2.39. The monoisotopic (exact) mass is 259 g/mol. The molecule has 0 bridgehead atoms. The molecule has 1 heterocycles. The smallest absolute Gasteiger partial charge is 0.338 e. The van der Waals surface area contributed by atoms with E-state index in [1.165, 1.54) is 0 Å². The summed E-state index contributed by atoms with van der Waals surface area (Å²) < 4.78 is 0. The van der Waals surface area contributed by atoms with Gasteiger partial charge in [-0.05, 0) is 12.8 Å². The lowest BCUT2D eigenvalue weighted by atomic mass is 10.3. The first kappa shape index (κ1) is 14.2. The second-order valence-electron chi connectivity index (χ2n) is 3.88. The number of nitrogens with one attached hydrogen (secondary N) is 2. The van der Waals surface area contributed by atoms with Crippen LogP contribution in [0, 0.1) is 0 Å². The second kappa shape index (κ2) is 7.49. The van der Waals surface area contributed by atoms with Crippen molar-refractivity contribution in [3.8, 4) is 0 Å². The number of carbonyl (C=O) groups is 3. The standard InChI is InChI=1S/C10H17N3O5/c14-8(13-5-1-2-6-13)3-4-11-10(17)12-18-7-9(15)16/h1-7H2,(H,15,16)(H2,11,12,17). The second-order valence-corrected chi connectivity index (χ2v) is 3.88. The number of hydrogen-bond acceptors (Lipinski definition) is 4. The Morgan fingerprint density at radius 1 is 1.22 bits per heavy atom. The van der Waals surface area contributed by atoms with Crippen LogP contribution in [-0.2, 0) is 14.4 Å². The lowest BCUT2D eigenvalue weighted by Gasteiger charge is -2.15. The van der Waals surface area contributed by atoms with Gasteiger partial charge in [0.1, 0.15) is 0 Å². The van der Waals surface area contributed by atoms with Gasteiger partial charge in [-0.15, -0.1) is 0 Å². The van der Waals surface area contributed by atoms with Gasteiger partial charge in [0.05, 0.1) is 0 Å². The van der Waals surface area contributed by atoms with E-state index in [2.05, 4.69) is 10.2 Å². The first-order valence-electron chi connectivity index (χ1n) is 5.75. The summed E-state index contributed by atoms with van der Waals surface area (Å²) in [5, 5.41) is 10.6. The van der Waals surface area contributed by atoms with E-state index in [1.807, 2.05) is 5.48 Å². The number of carbonyl (C=O) groups excluding carboxylic acids is 2. The number of amides is 3. The maximum atomic E-state index is 11.6. The van der Waals surface area contributed by atoms with Crippen LogP contribution in [0.1, 0.15) is 19.3 Å². The highest BCUT2D eigenvalue weighted by molar-refractivity contribution is 5.78. The molecule has 0 spiro atoms. The summed E-state index contributed by atoms with van der Waals surface area (Å²) in [5.41, 5.74) is 1.90. The molecule has 3 amide bonds. The van der Waals surface area contributed by atoms with Gasteiger partial charge in [-0.25, -0.2) is 15.1 Å². The maximum absolute atomic E-state index is 11.6. The van der Waals surface area contributed by atoms with Gasteiger partial charge in [0.2, 0.25) is 5.91 Å². The Balaban J connectivity index is 2.04. The highest BCUT2D eigenvalue weighted by Gasteiger charge is 2.17. The Labute approximate surface area is 104 Å². The molecule has 1 fully saturated rings. The fourth-order valence-electron chi connectivity index (χ4n) is 1.61. The quantitative estimate of drug-likeness (QED) is 0.547. The largest absolute Gasteiger partial charge is 0.479 e. The first-order valence-corrected chi connectivity index (χ1v) is 5.75. The summed E-state index contributed by atoms with van der Waals surface area (Å²) in [6, 6.07) is -0.662. The van der Waals surface area contributed by atoms with E-state index in [0.29, 0.717) is 0 Å². The molecule has 8 nitrogen and oxygen atoms in total. The average Bonchev–Trinajstić information content (AvgIpc) is 2.81. The van der Waals surface area contributed by atoms with Crippen molar-refractivity contribution in [3.05, 3.63) is 0 Å². The number of nitrogens with zero attached hydrogens (tertiary/aromatic N) is 1. The third-order valence-electron chi connectivity index (χ3n) is 2.44. The molecule has 0 aromatic heterocycles. The molecular weight excluding hydrogens is 242 g/mol. The minimum absolute atomic E-state index is 0.0132. The zero-order valence-corrected chi connectivity index (χ0v) is 9.98. The fraction of sp³-hybridized carbons (Fsp3) is 0.700. The summed E-state index contributed by atoms with van der Waals surface area (Å²) in [6.45, 7) is 1.15. The van der Waals surface area contributed by atoms with Crippen molar-refractivity contribution in [3.63, 3.8) is 0 Å². The fourth-order valence-corrected chi connectivity index (χ4v) is 1.61. The Morgan fingerprint density at radius 3 is 2.50 bits per heavy atom. The highest BCUT2D eigenvalue weighted by Crippen LogP contribution is 2.08. The molecule has 3 N–H and O–H groups in total. The normalized spacial score (nSPS) is 14.3. The maximum Gasteiger partial charge on any atom is 0.338 e. The van der Waals surface area contributed by atoms with Crippen LogP contribution in [0.4, 0.5) is 4.79 Å². The van der Waals surface area contributed by atoms with Gasteiger partial charge in [0.15, 0.2) is 6.61 Å². The summed E-state index contributed by atoms with van der Waals surface area (Å²) in [6.07, 6.45) is 2.29. The van der Waals surface area contributed by atoms with E-state index in [1.54, 1.807) is 4.90 Å². The van der Waals surface area contributed by atoms with Crippen molar-refractivity contribution in [1.29, 1.82) is 0 Å². The number of carboxylic acid groups (broad SMARTS) is 1. The molecule has 1 rings (SSSR count). The zero-order valence-electron chi connectivity index (χ0n) is 9.98. The van der Waals surface area contributed by atoms with Crippen LogP contribution in [0.3, 0.4) is 0 Å². The van der Waals surface area contributed by atoms with Crippen LogP contribution in [0.5, 0.6) is 0 Å². The predicted molar refractivity (Wildman–Crippen MR) is 60.6 cm³/mol.